The van der Waals surface area contributed by atoms with Crippen LogP contribution in [0, 0.1) is 5.41 Å². The summed E-state index contributed by atoms with van der Waals surface area (Å²) in [6.45, 7) is 8.31. The smallest absolute Gasteiger partial charge is 0.0300 e. The number of hydrogen-bond acceptors (Lipinski definition) is 2. The molecule has 2 aliphatic rings. The van der Waals surface area contributed by atoms with E-state index in [2.05, 4.69) is 37.8 Å². The van der Waals surface area contributed by atoms with Crippen LogP contribution in [0.25, 0.3) is 0 Å². The van der Waals surface area contributed by atoms with Gasteiger partial charge in [0.25, 0.3) is 0 Å². The van der Waals surface area contributed by atoms with E-state index in [0.717, 1.165) is 6.04 Å². The highest BCUT2D eigenvalue weighted by atomic mass is 32.2. The standard InChI is InChI=1S/C10H19NS/c1-9(2)8(6-12-9)11-7-10(3)4-5-10/h8,11H,4-7H2,1-3H3. The van der Waals surface area contributed by atoms with Crippen molar-refractivity contribution in [2.75, 3.05) is 12.3 Å². The third-order valence-electron chi connectivity index (χ3n) is 3.34. The minimum Gasteiger partial charge on any atom is -0.311 e. The Morgan fingerprint density at radius 2 is 2.00 bits per heavy atom. The first-order chi connectivity index (χ1) is 5.52. The fourth-order valence-electron chi connectivity index (χ4n) is 1.56. The Balaban J connectivity index is 1.74. The van der Waals surface area contributed by atoms with E-state index in [1.54, 1.807) is 0 Å². The van der Waals surface area contributed by atoms with Crippen molar-refractivity contribution in [2.24, 2.45) is 5.41 Å². The maximum Gasteiger partial charge on any atom is 0.0300 e. The molecule has 1 heterocycles. The monoisotopic (exact) mass is 185 g/mol. The van der Waals surface area contributed by atoms with Gasteiger partial charge in [-0.05, 0) is 32.1 Å². The molecule has 1 aliphatic carbocycles. The van der Waals surface area contributed by atoms with Gasteiger partial charge in [0.1, 0.15) is 0 Å². The Bertz CT molecular complexity index is 184. The van der Waals surface area contributed by atoms with Crippen LogP contribution in [0.3, 0.4) is 0 Å². The summed E-state index contributed by atoms with van der Waals surface area (Å²) in [4.78, 5) is 0. The molecule has 1 unspecified atom stereocenters. The second kappa shape index (κ2) is 2.65. The molecule has 1 saturated carbocycles. The van der Waals surface area contributed by atoms with Crippen molar-refractivity contribution in [2.45, 2.75) is 44.4 Å². The van der Waals surface area contributed by atoms with Gasteiger partial charge < -0.3 is 5.32 Å². The predicted octanol–water partition coefficient (Wildman–Crippen LogP) is 2.27. The van der Waals surface area contributed by atoms with Crippen LogP contribution in [-0.2, 0) is 0 Å². The molecule has 0 amide bonds. The molecule has 1 N–H and O–H groups in total. The van der Waals surface area contributed by atoms with E-state index in [0.29, 0.717) is 10.2 Å². The van der Waals surface area contributed by atoms with Crippen LogP contribution in [0.5, 0.6) is 0 Å². The largest absolute Gasteiger partial charge is 0.311 e. The second-order valence-corrected chi connectivity index (χ2v) is 6.83. The fraction of sp³-hybridized carbons (Fsp3) is 1.00. The lowest BCUT2D eigenvalue weighted by Crippen LogP contribution is -2.55. The highest BCUT2D eigenvalue weighted by Gasteiger charge is 2.42. The van der Waals surface area contributed by atoms with Gasteiger partial charge in [-0.1, -0.05) is 6.92 Å². The third-order valence-corrected chi connectivity index (χ3v) is 4.87. The molecule has 1 aliphatic heterocycles. The van der Waals surface area contributed by atoms with Crippen LogP contribution in [0.1, 0.15) is 33.6 Å². The zero-order valence-electron chi connectivity index (χ0n) is 8.31. The first-order valence-electron chi connectivity index (χ1n) is 4.89. The van der Waals surface area contributed by atoms with Crippen LogP contribution in [0.15, 0.2) is 0 Å². The molecule has 0 spiro atoms. The van der Waals surface area contributed by atoms with Gasteiger partial charge in [-0.2, -0.15) is 11.8 Å². The van der Waals surface area contributed by atoms with Crippen molar-refractivity contribution in [1.82, 2.24) is 5.32 Å². The van der Waals surface area contributed by atoms with E-state index in [9.17, 15) is 0 Å². The zero-order valence-corrected chi connectivity index (χ0v) is 9.13. The number of rotatable bonds is 3. The van der Waals surface area contributed by atoms with E-state index < -0.39 is 0 Å². The highest BCUT2D eigenvalue weighted by molar-refractivity contribution is 8.02. The Hall–Kier alpha value is 0.310. The van der Waals surface area contributed by atoms with E-state index in [1.807, 2.05) is 0 Å². The molecule has 2 heteroatoms. The molecule has 2 fully saturated rings. The molecule has 1 nitrogen and oxygen atoms in total. The lowest BCUT2D eigenvalue weighted by molar-refractivity contribution is 0.389. The van der Waals surface area contributed by atoms with Crippen LogP contribution < -0.4 is 5.32 Å². The van der Waals surface area contributed by atoms with Crippen molar-refractivity contribution in [1.29, 1.82) is 0 Å². The third kappa shape index (κ3) is 1.64. The summed E-state index contributed by atoms with van der Waals surface area (Å²) >= 11 is 2.08. The van der Waals surface area contributed by atoms with Crippen LogP contribution in [0.4, 0.5) is 0 Å². The summed E-state index contributed by atoms with van der Waals surface area (Å²) in [5.41, 5.74) is 0.663. The average molecular weight is 185 g/mol. The van der Waals surface area contributed by atoms with E-state index in [4.69, 9.17) is 0 Å². The summed E-state index contributed by atoms with van der Waals surface area (Å²) in [6, 6.07) is 0.764. The van der Waals surface area contributed by atoms with E-state index in [-0.39, 0.29) is 0 Å². The second-order valence-electron chi connectivity index (χ2n) is 5.16. The molecule has 70 valence electrons. The van der Waals surface area contributed by atoms with Gasteiger partial charge >= 0.3 is 0 Å². The Labute approximate surface area is 79.7 Å². The highest BCUT2D eigenvalue weighted by Crippen LogP contribution is 2.46. The van der Waals surface area contributed by atoms with Gasteiger partial charge in [0.2, 0.25) is 0 Å². The van der Waals surface area contributed by atoms with Gasteiger partial charge in [0, 0.05) is 23.1 Å². The molecule has 0 aromatic carbocycles. The normalized spacial score (nSPS) is 35.8. The first kappa shape index (κ1) is 8.89. The fourth-order valence-corrected chi connectivity index (χ4v) is 2.77. The molecule has 1 atom stereocenters. The number of thioether (sulfide) groups is 1. The summed E-state index contributed by atoms with van der Waals surface area (Å²) in [5, 5.41) is 3.69. The van der Waals surface area contributed by atoms with Gasteiger partial charge in [-0.25, -0.2) is 0 Å². The Kier molecular flexibility index (Phi) is 1.96. The SMILES string of the molecule is CC1(CNC2CSC2(C)C)CC1. The van der Waals surface area contributed by atoms with Crippen molar-refractivity contribution < 1.29 is 0 Å². The van der Waals surface area contributed by atoms with Gasteiger partial charge in [-0.15, -0.1) is 0 Å². The van der Waals surface area contributed by atoms with Crippen molar-refractivity contribution in [3.05, 3.63) is 0 Å². The topological polar surface area (TPSA) is 12.0 Å². The molecule has 12 heavy (non-hydrogen) atoms. The molecule has 1 saturated heterocycles. The maximum absolute atomic E-state index is 3.69. The Morgan fingerprint density at radius 3 is 2.33 bits per heavy atom. The summed E-state index contributed by atoms with van der Waals surface area (Å²) < 4.78 is 0.491. The van der Waals surface area contributed by atoms with Crippen molar-refractivity contribution in [3.63, 3.8) is 0 Å². The minimum absolute atomic E-state index is 0.491. The maximum atomic E-state index is 3.69. The minimum atomic E-state index is 0.491. The molecule has 0 aromatic heterocycles. The number of hydrogen-bond donors (Lipinski definition) is 1. The molecule has 0 bridgehead atoms. The first-order valence-corrected chi connectivity index (χ1v) is 5.88. The zero-order chi connectivity index (χ0) is 8.82. The summed E-state index contributed by atoms with van der Waals surface area (Å²) in [6.07, 6.45) is 2.86. The van der Waals surface area contributed by atoms with E-state index in [1.165, 1.54) is 25.1 Å². The average Bonchev–Trinajstić information content (AvgIpc) is 2.67. The van der Waals surface area contributed by atoms with Gasteiger partial charge in [-0.3, -0.25) is 0 Å². The van der Waals surface area contributed by atoms with E-state index >= 15 is 0 Å². The van der Waals surface area contributed by atoms with Gasteiger partial charge in [0.15, 0.2) is 0 Å². The Morgan fingerprint density at radius 1 is 1.33 bits per heavy atom. The lowest BCUT2D eigenvalue weighted by atomic mass is 10.0. The van der Waals surface area contributed by atoms with Crippen LogP contribution in [0.2, 0.25) is 0 Å². The summed E-state index contributed by atoms with van der Waals surface area (Å²) in [5.74, 6) is 1.31. The van der Waals surface area contributed by atoms with Gasteiger partial charge in [0.05, 0.1) is 0 Å². The van der Waals surface area contributed by atoms with Crippen molar-refractivity contribution >= 4 is 11.8 Å². The molecule has 2 rings (SSSR count). The molecular weight excluding hydrogens is 166 g/mol. The number of nitrogens with one attached hydrogen (secondary N) is 1. The molecule has 0 aromatic rings. The van der Waals surface area contributed by atoms with Crippen molar-refractivity contribution in [3.8, 4) is 0 Å². The van der Waals surface area contributed by atoms with Crippen LogP contribution >= 0.6 is 11.8 Å². The molecule has 0 radical (unpaired) electrons. The lowest BCUT2D eigenvalue weighted by Gasteiger charge is -2.44. The summed E-state index contributed by atoms with van der Waals surface area (Å²) in [7, 11) is 0. The van der Waals surface area contributed by atoms with Crippen LogP contribution in [-0.4, -0.2) is 23.1 Å². The quantitative estimate of drug-likeness (QED) is 0.724. The predicted molar refractivity (Wildman–Crippen MR) is 55.7 cm³/mol. The molecular formula is C10H19NS.